The van der Waals surface area contributed by atoms with E-state index in [0.717, 1.165) is 11.3 Å². The summed E-state index contributed by atoms with van der Waals surface area (Å²) >= 11 is 0. The monoisotopic (exact) mass is 396 g/mol. The van der Waals surface area contributed by atoms with Crippen molar-refractivity contribution in [1.29, 1.82) is 0 Å². The van der Waals surface area contributed by atoms with Crippen LogP contribution in [-0.4, -0.2) is 42.2 Å². The van der Waals surface area contributed by atoms with Gasteiger partial charge in [-0.2, -0.15) is 0 Å². The summed E-state index contributed by atoms with van der Waals surface area (Å²) in [4.78, 5) is 0. The number of nitrogens with zero attached hydrogens (tertiary/aromatic N) is 1. The summed E-state index contributed by atoms with van der Waals surface area (Å²) in [7, 11) is 1.61. The van der Waals surface area contributed by atoms with Gasteiger partial charge in [-0.1, -0.05) is 23.4 Å². The Kier molecular flexibility index (Phi) is 9.52. The molecule has 1 aromatic heterocycles. The van der Waals surface area contributed by atoms with Crippen LogP contribution in [0.15, 0.2) is 34.9 Å². The summed E-state index contributed by atoms with van der Waals surface area (Å²) in [6.45, 7) is 7.28. The summed E-state index contributed by atoms with van der Waals surface area (Å²) < 4.78 is 16.0. The van der Waals surface area contributed by atoms with E-state index < -0.39 is 6.10 Å². The molecular weight excluding hydrogens is 368 g/mol. The smallest absolute Gasteiger partial charge is 0.160 e. The highest BCUT2D eigenvalue weighted by atomic mass is 35.5. The van der Waals surface area contributed by atoms with E-state index in [-0.39, 0.29) is 24.6 Å². The topological polar surface area (TPSA) is 76.8 Å². The molecule has 0 aliphatic heterocycles. The van der Waals surface area contributed by atoms with Gasteiger partial charge in [-0.05, 0) is 39.0 Å². The highest BCUT2D eigenvalue weighted by Crippen LogP contribution is 2.21. The lowest BCUT2D eigenvalue weighted by Gasteiger charge is -2.23. The lowest BCUT2D eigenvalue weighted by molar-refractivity contribution is 0.0999. The molecule has 1 atom stereocenters. The second-order valence-corrected chi connectivity index (χ2v) is 7.12. The SMILES string of the molecule is COCc1cc(/C=C/c2ccccc2OCC(O)CNC(C)(C)C)on1.Cl. The molecule has 2 rings (SSSR count). The maximum absolute atomic E-state index is 10.1. The van der Waals surface area contributed by atoms with Crippen molar-refractivity contribution in [2.75, 3.05) is 20.3 Å². The Morgan fingerprint density at radius 1 is 1.26 bits per heavy atom. The molecule has 1 aromatic carbocycles. The number of aromatic nitrogens is 1. The van der Waals surface area contributed by atoms with E-state index >= 15 is 0 Å². The van der Waals surface area contributed by atoms with E-state index in [1.807, 2.05) is 42.5 Å². The van der Waals surface area contributed by atoms with Crippen molar-refractivity contribution in [3.05, 3.63) is 47.3 Å². The average molecular weight is 397 g/mol. The number of nitrogens with one attached hydrogen (secondary N) is 1. The number of rotatable bonds is 9. The van der Waals surface area contributed by atoms with Gasteiger partial charge in [0, 0.05) is 30.8 Å². The number of β-amino-alcohol motifs (C(OH)–C–C–N with tert-alkyl or cyclic N) is 1. The molecule has 1 unspecified atom stereocenters. The molecule has 1 heterocycles. The lowest BCUT2D eigenvalue weighted by atomic mass is 10.1. The average Bonchev–Trinajstić information content (AvgIpc) is 3.04. The Hall–Kier alpha value is -1.86. The zero-order valence-corrected chi connectivity index (χ0v) is 17.1. The second kappa shape index (κ2) is 11.1. The van der Waals surface area contributed by atoms with Crippen molar-refractivity contribution in [3.63, 3.8) is 0 Å². The van der Waals surface area contributed by atoms with Crippen molar-refractivity contribution in [2.24, 2.45) is 0 Å². The first kappa shape index (κ1) is 23.2. The first-order chi connectivity index (χ1) is 12.4. The predicted octanol–water partition coefficient (Wildman–Crippen LogP) is 3.54. The fraction of sp³-hybridized carbons (Fsp3) is 0.450. The number of para-hydroxylation sites is 1. The van der Waals surface area contributed by atoms with E-state index in [2.05, 4.69) is 31.2 Å². The Bertz CT molecular complexity index is 710. The minimum absolute atomic E-state index is 0. The maximum atomic E-state index is 10.1. The summed E-state index contributed by atoms with van der Waals surface area (Å²) in [6.07, 6.45) is 3.13. The van der Waals surface area contributed by atoms with E-state index in [1.54, 1.807) is 7.11 Å². The number of benzene rings is 1. The fourth-order valence-corrected chi connectivity index (χ4v) is 2.21. The predicted molar refractivity (Wildman–Crippen MR) is 109 cm³/mol. The Morgan fingerprint density at radius 2 is 2.00 bits per heavy atom. The van der Waals surface area contributed by atoms with Gasteiger partial charge in [-0.15, -0.1) is 12.4 Å². The van der Waals surface area contributed by atoms with Gasteiger partial charge in [0.2, 0.25) is 0 Å². The minimum Gasteiger partial charge on any atom is -0.490 e. The molecule has 0 bridgehead atoms. The van der Waals surface area contributed by atoms with Gasteiger partial charge in [-0.25, -0.2) is 0 Å². The Labute approximate surface area is 167 Å². The molecule has 2 N–H and O–H groups in total. The summed E-state index contributed by atoms with van der Waals surface area (Å²) in [5.41, 5.74) is 1.60. The van der Waals surface area contributed by atoms with Crippen LogP contribution < -0.4 is 10.1 Å². The molecule has 0 aliphatic carbocycles. The first-order valence-corrected chi connectivity index (χ1v) is 8.65. The van der Waals surface area contributed by atoms with Crippen LogP contribution in [0.2, 0.25) is 0 Å². The molecule has 2 aromatic rings. The normalized spacial score (nSPS) is 12.8. The quantitative estimate of drug-likeness (QED) is 0.675. The fourth-order valence-electron chi connectivity index (χ4n) is 2.21. The van der Waals surface area contributed by atoms with Gasteiger partial charge in [-0.3, -0.25) is 0 Å². The van der Waals surface area contributed by atoms with Crippen LogP contribution in [0.3, 0.4) is 0 Å². The molecule has 0 saturated heterocycles. The van der Waals surface area contributed by atoms with Crippen LogP contribution in [0.1, 0.15) is 37.8 Å². The summed E-state index contributed by atoms with van der Waals surface area (Å²) in [6, 6.07) is 9.47. The van der Waals surface area contributed by atoms with Crippen LogP contribution in [-0.2, 0) is 11.3 Å². The molecular formula is C20H29ClN2O4. The molecule has 0 aliphatic rings. The van der Waals surface area contributed by atoms with Gasteiger partial charge in [0.05, 0.1) is 6.61 Å². The van der Waals surface area contributed by atoms with Gasteiger partial charge in [0.25, 0.3) is 0 Å². The summed E-state index contributed by atoms with van der Waals surface area (Å²) in [5.74, 6) is 1.34. The zero-order valence-electron chi connectivity index (χ0n) is 16.3. The Morgan fingerprint density at radius 3 is 2.70 bits per heavy atom. The maximum Gasteiger partial charge on any atom is 0.160 e. The van der Waals surface area contributed by atoms with Gasteiger partial charge >= 0.3 is 0 Å². The number of halogens is 1. The molecule has 0 saturated carbocycles. The van der Waals surface area contributed by atoms with Gasteiger partial charge < -0.3 is 24.4 Å². The van der Waals surface area contributed by atoms with E-state index in [9.17, 15) is 5.11 Å². The van der Waals surface area contributed by atoms with Crippen LogP contribution in [0, 0.1) is 0 Å². The third kappa shape index (κ3) is 8.58. The summed E-state index contributed by atoms with van der Waals surface area (Å²) in [5, 5.41) is 17.3. The number of aliphatic hydroxyl groups excluding tert-OH is 1. The number of hydrogen-bond acceptors (Lipinski definition) is 6. The molecule has 7 heteroatoms. The van der Waals surface area contributed by atoms with Gasteiger partial charge in [0.1, 0.15) is 24.2 Å². The van der Waals surface area contributed by atoms with E-state index in [0.29, 0.717) is 24.7 Å². The number of aliphatic hydroxyl groups is 1. The molecule has 0 fully saturated rings. The van der Waals surface area contributed by atoms with E-state index in [1.165, 1.54) is 0 Å². The zero-order chi connectivity index (χ0) is 19.0. The number of methoxy groups -OCH3 is 1. The largest absolute Gasteiger partial charge is 0.490 e. The molecule has 6 nitrogen and oxygen atoms in total. The van der Waals surface area contributed by atoms with Gasteiger partial charge in [0.15, 0.2) is 5.76 Å². The third-order valence-corrected chi connectivity index (χ3v) is 3.51. The highest BCUT2D eigenvalue weighted by molar-refractivity contribution is 5.85. The molecule has 0 spiro atoms. The van der Waals surface area contributed by atoms with E-state index in [4.69, 9.17) is 14.0 Å². The third-order valence-electron chi connectivity index (χ3n) is 3.51. The number of hydrogen-bond donors (Lipinski definition) is 2. The first-order valence-electron chi connectivity index (χ1n) is 8.65. The van der Waals surface area contributed by atoms with Crippen molar-refractivity contribution in [1.82, 2.24) is 10.5 Å². The van der Waals surface area contributed by atoms with Crippen LogP contribution >= 0.6 is 12.4 Å². The number of ether oxygens (including phenoxy) is 2. The van der Waals surface area contributed by atoms with Crippen molar-refractivity contribution in [2.45, 2.75) is 39.0 Å². The van der Waals surface area contributed by atoms with Crippen LogP contribution in [0.5, 0.6) is 5.75 Å². The lowest BCUT2D eigenvalue weighted by Crippen LogP contribution is -2.42. The van der Waals surface area contributed by atoms with Crippen LogP contribution in [0.25, 0.3) is 12.2 Å². The van der Waals surface area contributed by atoms with Crippen LogP contribution in [0.4, 0.5) is 0 Å². The molecule has 150 valence electrons. The second-order valence-electron chi connectivity index (χ2n) is 7.12. The molecule has 0 radical (unpaired) electrons. The molecule has 0 amide bonds. The van der Waals surface area contributed by atoms with Crippen molar-refractivity contribution in [3.8, 4) is 5.75 Å². The molecule has 27 heavy (non-hydrogen) atoms. The Balaban J connectivity index is 0.00000364. The van der Waals surface area contributed by atoms with Crippen molar-refractivity contribution >= 4 is 24.6 Å². The highest BCUT2D eigenvalue weighted by Gasteiger charge is 2.13. The minimum atomic E-state index is -0.586. The van der Waals surface area contributed by atoms with Crippen molar-refractivity contribution < 1.29 is 19.1 Å². The standard InChI is InChI=1S/C20H28N2O4.ClH/c1-20(2,3)21-12-17(23)14-25-19-8-6-5-7-15(19)9-10-18-11-16(13-24-4)22-26-18;/h5-11,17,21,23H,12-14H2,1-4H3;1H/b10-9+;.